The zero-order valence-electron chi connectivity index (χ0n) is 7.47. The van der Waals surface area contributed by atoms with Gasteiger partial charge >= 0.3 is 0 Å². The summed E-state index contributed by atoms with van der Waals surface area (Å²) in [4.78, 5) is 6.02. The number of thiazole rings is 1. The number of aromatic nitrogens is 1. The average molecular weight is 195 g/mol. The van der Waals surface area contributed by atoms with E-state index in [-0.39, 0.29) is 0 Å². The number of hydrogen-bond acceptors (Lipinski definition) is 4. The van der Waals surface area contributed by atoms with Gasteiger partial charge in [0.15, 0.2) is 5.13 Å². The molecule has 2 aliphatic rings. The van der Waals surface area contributed by atoms with Crippen LogP contribution in [0.15, 0.2) is 0 Å². The molecule has 1 aliphatic carbocycles. The SMILES string of the molecule is C1Cc2nc(NC3CC3)sc2CN1. The molecular weight excluding hydrogens is 182 g/mol. The fourth-order valence-corrected chi connectivity index (χ4v) is 2.64. The third-order valence-electron chi connectivity index (χ3n) is 2.51. The Morgan fingerprint density at radius 1 is 1.46 bits per heavy atom. The molecule has 1 saturated carbocycles. The summed E-state index contributed by atoms with van der Waals surface area (Å²) in [6, 6.07) is 0.723. The molecule has 0 amide bonds. The van der Waals surface area contributed by atoms with Crippen molar-refractivity contribution >= 4 is 16.5 Å². The van der Waals surface area contributed by atoms with E-state index in [2.05, 4.69) is 15.6 Å². The normalized spacial score (nSPS) is 21.2. The second-order valence-corrected chi connectivity index (χ2v) is 4.82. The minimum Gasteiger partial charge on any atom is -0.359 e. The molecule has 2 heterocycles. The highest BCUT2D eigenvalue weighted by Gasteiger charge is 2.23. The van der Waals surface area contributed by atoms with Crippen molar-refractivity contribution in [2.75, 3.05) is 11.9 Å². The summed E-state index contributed by atoms with van der Waals surface area (Å²) in [5, 5.41) is 7.95. The summed E-state index contributed by atoms with van der Waals surface area (Å²) >= 11 is 1.82. The van der Waals surface area contributed by atoms with E-state index in [0.29, 0.717) is 0 Å². The largest absolute Gasteiger partial charge is 0.359 e. The Balaban J connectivity index is 1.81. The lowest BCUT2D eigenvalue weighted by molar-refractivity contribution is 0.644. The Bertz CT molecular complexity index is 293. The summed E-state index contributed by atoms with van der Waals surface area (Å²) < 4.78 is 0. The van der Waals surface area contributed by atoms with Gasteiger partial charge in [-0.1, -0.05) is 0 Å². The first-order valence-electron chi connectivity index (χ1n) is 4.87. The molecule has 3 nitrogen and oxygen atoms in total. The van der Waals surface area contributed by atoms with E-state index < -0.39 is 0 Å². The second kappa shape index (κ2) is 2.96. The van der Waals surface area contributed by atoms with Crippen molar-refractivity contribution in [3.63, 3.8) is 0 Å². The molecule has 0 saturated heterocycles. The molecule has 0 aromatic carbocycles. The first kappa shape index (κ1) is 7.76. The minimum atomic E-state index is 0.723. The van der Waals surface area contributed by atoms with Crippen molar-refractivity contribution < 1.29 is 0 Å². The Morgan fingerprint density at radius 2 is 2.38 bits per heavy atom. The molecule has 1 aliphatic heterocycles. The molecular formula is C9H13N3S. The Labute approximate surface area is 81.6 Å². The zero-order valence-corrected chi connectivity index (χ0v) is 8.28. The molecule has 1 aromatic rings. The van der Waals surface area contributed by atoms with Crippen molar-refractivity contribution in [1.29, 1.82) is 0 Å². The molecule has 0 bridgehead atoms. The molecule has 0 unspecified atom stereocenters. The quantitative estimate of drug-likeness (QED) is 0.748. The molecule has 3 rings (SSSR count). The molecule has 70 valence electrons. The first-order valence-corrected chi connectivity index (χ1v) is 5.69. The molecule has 0 atom stereocenters. The van der Waals surface area contributed by atoms with Gasteiger partial charge in [-0.3, -0.25) is 0 Å². The van der Waals surface area contributed by atoms with Crippen molar-refractivity contribution in [2.45, 2.75) is 31.8 Å². The lowest BCUT2D eigenvalue weighted by atomic mass is 10.2. The molecule has 1 aromatic heterocycles. The van der Waals surface area contributed by atoms with Crippen molar-refractivity contribution in [3.8, 4) is 0 Å². The fraction of sp³-hybridized carbons (Fsp3) is 0.667. The standard InChI is InChI=1S/C9H13N3S/c1-2-6(1)11-9-12-7-3-4-10-5-8(7)13-9/h6,10H,1-5H2,(H,11,12). The summed E-state index contributed by atoms with van der Waals surface area (Å²) in [5.41, 5.74) is 1.31. The number of nitrogens with zero attached hydrogens (tertiary/aromatic N) is 1. The lowest BCUT2D eigenvalue weighted by Gasteiger charge is -2.09. The maximum absolute atomic E-state index is 4.60. The zero-order chi connectivity index (χ0) is 8.67. The molecule has 0 radical (unpaired) electrons. The highest BCUT2D eigenvalue weighted by Crippen LogP contribution is 2.30. The van der Waals surface area contributed by atoms with Gasteiger partial charge in [-0.05, 0) is 12.8 Å². The third kappa shape index (κ3) is 1.56. The molecule has 0 spiro atoms. The van der Waals surface area contributed by atoms with Crippen LogP contribution in [0.4, 0.5) is 5.13 Å². The predicted octanol–water partition coefficient (Wildman–Crippen LogP) is 1.36. The Hall–Kier alpha value is -0.610. The molecule has 4 heteroatoms. The van der Waals surface area contributed by atoms with Gasteiger partial charge in [-0.25, -0.2) is 4.98 Å². The van der Waals surface area contributed by atoms with Gasteiger partial charge in [0.2, 0.25) is 0 Å². The van der Waals surface area contributed by atoms with Crippen LogP contribution in [0.2, 0.25) is 0 Å². The van der Waals surface area contributed by atoms with Gasteiger partial charge in [0.1, 0.15) is 0 Å². The first-order chi connectivity index (χ1) is 6.42. The van der Waals surface area contributed by atoms with Crippen LogP contribution in [0.1, 0.15) is 23.4 Å². The van der Waals surface area contributed by atoms with E-state index in [0.717, 1.165) is 30.7 Å². The third-order valence-corrected chi connectivity index (χ3v) is 3.54. The second-order valence-electron chi connectivity index (χ2n) is 3.73. The van der Waals surface area contributed by atoms with Crippen LogP contribution in [0.25, 0.3) is 0 Å². The monoisotopic (exact) mass is 195 g/mol. The number of rotatable bonds is 2. The van der Waals surface area contributed by atoms with Crippen LogP contribution in [0, 0.1) is 0 Å². The van der Waals surface area contributed by atoms with Gasteiger partial charge in [0.05, 0.1) is 5.69 Å². The van der Waals surface area contributed by atoms with Gasteiger partial charge in [-0.2, -0.15) is 0 Å². The molecule has 1 fully saturated rings. The number of nitrogens with one attached hydrogen (secondary N) is 2. The molecule has 13 heavy (non-hydrogen) atoms. The van der Waals surface area contributed by atoms with E-state index in [1.807, 2.05) is 11.3 Å². The van der Waals surface area contributed by atoms with Crippen LogP contribution in [-0.4, -0.2) is 17.6 Å². The summed E-state index contributed by atoms with van der Waals surface area (Å²) in [6.07, 6.45) is 3.74. The van der Waals surface area contributed by atoms with Crippen LogP contribution in [-0.2, 0) is 13.0 Å². The van der Waals surface area contributed by atoms with Crippen LogP contribution in [0.3, 0.4) is 0 Å². The highest BCUT2D eigenvalue weighted by atomic mass is 32.1. The Kier molecular flexibility index (Phi) is 1.77. The van der Waals surface area contributed by atoms with Crippen molar-refractivity contribution in [2.24, 2.45) is 0 Å². The predicted molar refractivity (Wildman–Crippen MR) is 54.2 cm³/mol. The smallest absolute Gasteiger partial charge is 0.183 e. The summed E-state index contributed by atoms with van der Waals surface area (Å²) in [7, 11) is 0. The van der Waals surface area contributed by atoms with Crippen LogP contribution >= 0.6 is 11.3 Å². The average Bonchev–Trinajstić information content (AvgIpc) is 2.85. The van der Waals surface area contributed by atoms with Gasteiger partial charge in [0, 0.05) is 30.4 Å². The van der Waals surface area contributed by atoms with Crippen LogP contribution < -0.4 is 10.6 Å². The van der Waals surface area contributed by atoms with E-state index in [1.165, 1.54) is 23.4 Å². The highest BCUT2D eigenvalue weighted by molar-refractivity contribution is 7.15. The fourth-order valence-electron chi connectivity index (χ4n) is 1.59. The van der Waals surface area contributed by atoms with Crippen LogP contribution in [0.5, 0.6) is 0 Å². The van der Waals surface area contributed by atoms with Gasteiger partial charge in [-0.15, -0.1) is 11.3 Å². The Morgan fingerprint density at radius 3 is 3.15 bits per heavy atom. The summed E-state index contributed by atoms with van der Waals surface area (Å²) in [5.74, 6) is 0. The number of hydrogen-bond donors (Lipinski definition) is 2. The number of fused-ring (bicyclic) bond motifs is 1. The van der Waals surface area contributed by atoms with E-state index in [1.54, 1.807) is 0 Å². The topological polar surface area (TPSA) is 37.0 Å². The lowest BCUT2D eigenvalue weighted by Crippen LogP contribution is -2.22. The van der Waals surface area contributed by atoms with E-state index in [4.69, 9.17) is 0 Å². The minimum absolute atomic E-state index is 0.723. The molecule has 2 N–H and O–H groups in total. The maximum Gasteiger partial charge on any atom is 0.183 e. The van der Waals surface area contributed by atoms with Gasteiger partial charge in [0.25, 0.3) is 0 Å². The van der Waals surface area contributed by atoms with Crippen molar-refractivity contribution in [1.82, 2.24) is 10.3 Å². The summed E-state index contributed by atoms with van der Waals surface area (Å²) in [6.45, 7) is 2.10. The van der Waals surface area contributed by atoms with Crippen molar-refractivity contribution in [3.05, 3.63) is 10.6 Å². The van der Waals surface area contributed by atoms with Gasteiger partial charge < -0.3 is 10.6 Å². The van der Waals surface area contributed by atoms with E-state index >= 15 is 0 Å². The number of anilines is 1. The maximum atomic E-state index is 4.60. The van der Waals surface area contributed by atoms with E-state index in [9.17, 15) is 0 Å².